The van der Waals surface area contributed by atoms with Crippen LogP contribution in [0.2, 0.25) is 0 Å². The van der Waals surface area contributed by atoms with Crippen molar-refractivity contribution in [1.29, 1.82) is 0 Å². The first-order valence-corrected chi connectivity index (χ1v) is 6.63. The second-order valence-corrected chi connectivity index (χ2v) is 5.81. The van der Waals surface area contributed by atoms with Crippen molar-refractivity contribution in [2.45, 2.75) is 4.90 Å². The number of carbonyl (C=O) groups excluding carboxylic acids is 1. The number of fused-ring (bicyclic) bond motifs is 1. The van der Waals surface area contributed by atoms with Crippen LogP contribution in [-0.4, -0.2) is 34.2 Å². The largest absolute Gasteiger partial charge is 0.364 e. The van der Waals surface area contributed by atoms with Gasteiger partial charge < -0.3 is 10.2 Å². The van der Waals surface area contributed by atoms with E-state index < -0.39 is 9.84 Å². The Kier molecular flexibility index (Phi) is 2.38. The molecule has 16 heavy (non-hydrogen) atoms. The lowest BCUT2D eigenvalue weighted by Crippen LogP contribution is -2.36. The molecule has 1 aliphatic heterocycles. The van der Waals surface area contributed by atoms with Gasteiger partial charge in [0, 0.05) is 13.3 Å². The summed E-state index contributed by atoms with van der Waals surface area (Å²) in [6.45, 7) is 0.236. The van der Waals surface area contributed by atoms with Gasteiger partial charge in [0.1, 0.15) is 0 Å². The highest BCUT2D eigenvalue weighted by atomic mass is 32.2. The van der Waals surface area contributed by atoms with E-state index in [1.165, 1.54) is 6.07 Å². The number of amides is 1. The molecular formula is C10H12N2O3S. The Hall–Kier alpha value is -1.56. The van der Waals surface area contributed by atoms with Crippen LogP contribution in [0.1, 0.15) is 0 Å². The Morgan fingerprint density at radius 2 is 2.06 bits per heavy atom. The van der Waals surface area contributed by atoms with Crippen molar-refractivity contribution >= 4 is 27.1 Å². The molecule has 0 saturated heterocycles. The van der Waals surface area contributed by atoms with Crippen LogP contribution < -0.4 is 10.2 Å². The molecule has 1 amide bonds. The van der Waals surface area contributed by atoms with Gasteiger partial charge in [0.15, 0.2) is 9.84 Å². The van der Waals surface area contributed by atoms with Crippen LogP contribution in [0.25, 0.3) is 0 Å². The molecule has 1 aromatic rings. The van der Waals surface area contributed by atoms with Gasteiger partial charge in [-0.2, -0.15) is 0 Å². The van der Waals surface area contributed by atoms with Crippen molar-refractivity contribution in [2.24, 2.45) is 0 Å². The predicted molar refractivity (Wildman–Crippen MR) is 61.5 cm³/mol. The molecule has 0 fully saturated rings. The second-order valence-electron chi connectivity index (χ2n) is 3.83. The summed E-state index contributed by atoms with van der Waals surface area (Å²) in [5, 5.41) is 2.61. The maximum atomic E-state index is 11.5. The predicted octanol–water partition coefficient (Wildman–Crippen LogP) is 0.478. The zero-order valence-electron chi connectivity index (χ0n) is 9.02. The van der Waals surface area contributed by atoms with Crippen molar-refractivity contribution in [2.75, 3.05) is 30.1 Å². The summed E-state index contributed by atoms with van der Waals surface area (Å²) in [6, 6.07) is 4.94. The fourth-order valence-corrected chi connectivity index (χ4v) is 2.60. The number of sulfone groups is 1. The highest BCUT2D eigenvalue weighted by molar-refractivity contribution is 7.90. The van der Waals surface area contributed by atoms with Crippen LogP contribution in [0.3, 0.4) is 0 Å². The molecule has 1 N–H and O–H groups in total. The molecule has 1 heterocycles. The Morgan fingerprint density at radius 3 is 2.69 bits per heavy atom. The van der Waals surface area contributed by atoms with Crippen LogP contribution in [0.5, 0.6) is 0 Å². The number of para-hydroxylation sites is 1. The van der Waals surface area contributed by atoms with Crippen molar-refractivity contribution in [3.63, 3.8) is 0 Å². The summed E-state index contributed by atoms with van der Waals surface area (Å²) in [4.78, 5) is 13.3. The van der Waals surface area contributed by atoms with Crippen LogP contribution in [-0.2, 0) is 14.6 Å². The van der Waals surface area contributed by atoms with Gasteiger partial charge in [-0.3, -0.25) is 4.79 Å². The number of carbonyl (C=O) groups is 1. The SMILES string of the molecule is CN1CC(=O)Nc2c1cccc2S(C)(=O)=O. The van der Waals surface area contributed by atoms with Crippen molar-refractivity contribution in [3.8, 4) is 0 Å². The highest BCUT2D eigenvalue weighted by Gasteiger charge is 2.24. The van der Waals surface area contributed by atoms with Gasteiger partial charge in [-0.1, -0.05) is 6.07 Å². The number of hydrogen-bond acceptors (Lipinski definition) is 4. The fraction of sp³-hybridized carbons (Fsp3) is 0.300. The monoisotopic (exact) mass is 240 g/mol. The summed E-state index contributed by atoms with van der Waals surface area (Å²) >= 11 is 0. The lowest BCUT2D eigenvalue weighted by Gasteiger charge is -2.28. The van der Waals surface area contributed by atoms with E-state index in [-0.39, 0.29) is 17.3 Å². The average molecular weight is 240 g/mol. The third-order valence-corrected chi connectivity index (χ3v) is 3.60. The molecule has 5 nitrogen and oxygen atoms in total. The standard InChI is InChI=1S/C10H12N2O3S/c1-12-6-9(13)11-10-7(12)4-3-5-8(10)16(2,14)15/h3-5H,6H2,1-2H3,(H,11,13). The van der Waals surface area contributed by atoms with Crippen LogP contribution in [0.15, 0.2) is 23.1 Å². The summed E-state index contributed by atoms with van der Waals surface area (Å²) in [6.07, 6.45) is 1.13. The minimum atomic E-state index is -3.33. The molecule has 0 unspecified atom stereocenters. The molecule has 0 spiro atoms. The van der Waals surface area contributed by atoms with E-state index in [0.717, 1.165) is 11.9 Å². The number of nitrogens with zero attached hydrogens (tertiary/aromatic N) is 1. The number of rotatable bonds is 1. The Balaban J connectivity index is 2.68. The molecule has 0 saturated carbocycles. The molecule has 1 aromatic carbocycles. The van der Waals surface area contributed by atoms with E-state index in [9.17, 15) is 13.2 Å². The number of hydrogen-bond donors (Lipinski definition) is 1. The third kappa shape index (κ3) is 1.76. The Labute approximate surface area is 94.0 Å². The maximum absolute atomic E-state index is 11.5. The molecule has 0 aliphatic carbocycles. The first kappa shape index (κ1) is 10.9. The van der Waals surface area contributed by atoms with Crippen LogP contribution >= 0.6 is 0 Å². The van der Waals surface area contributed by atoms with Gasteiger partial charge in [0.05, 0.1) is 22.8 Å². The van der Waals surface area contributed by atoms with Crippen molar-refractivity contribution in [3.05, 3.63) is 18.2 Å². The summed E-state index contributed by atoms with van der Waals surface area (Å²) < 4.78 is 23.1. The van der Waals surface area contributed by atoms with Crippen molar-refractivity contribution < 1.29 is 13.2 Å². The molecule has 86 valence electrons. The van der Waals surface area contributed by atoms with Gasteiger partial charge >= 0.3 is 0 Å². The van der Waals surface area contributed by atoms with E-state index in [0.29, 0.717) is 5.69 Å². The number of anilines is 2. The van der Waals surface area contributed by atoms with Gasteiger partial charge in [0.25, 0.3) is 0 Å². The first-order valence-electron chi connectivity index (χ1n) is 4.73. The molecule has 0 bridgehead atoms. The molecular weight excluding hydrogens is 228 g/mol. The van der Waals surface area contributed by atoms with Gasteiger partial charge in [0.2, 0.25) is 5.91 Å². The van der Waals surface area contributed by atoms with Crippen molar-refractivity contribution in [1.82, 2.24) is 0 Å². The van der Waals surface area contributed by atoms with E-state index in [1.807, 2.05) is 0 Å². The van der Waals surface area contributed by atoms with E-state index in [1.54, 1.807) is 24.1 Å². The zero-order valence-corrected chi connectivity index (χ0v) is 9.84. The highest BCUT2D eigenvalue weighted by Crippen LogP contribution is 2.34. The number of likely N-dealkylation sites (N-methyl/N-ethyl adjacent to an activating group) is 1. The fourth-order valence-electron chi connectivity index (χ4n) is 1.75. The summed E-state index contributed by atoms with van der Waals surface area (Å²) in [7, 11) is -1.58. The minimum absolute atomic E-state index is 0.157. The lowest BCUT2D eigenvalue weighted by molar-refractivity contribution is -0.115. The lowest BCUT2D eigenvalue weighted by atomic mass is 10.2. The molecule has 0 radical (unpaired) electrons. The van der Waals surface area contributed by atoms with Gasteiger partial charge in [-0.25, -0.2) is 8.42 Å². The maximum Gasteiger partial charge on any atom is 0.243 e. The molecule has 6 heteroatoms. The molecule has 0 atom stereocenters. The zero-order chi connectivity index (χ0) is 11.9. The number of benzene rings is 1. The third-order valence-electron chi connectivity index (χ3n) is 2.46. The molecule has 2 rings (SSSR count). The molecule has 1 aliphatic rings. The van der Waals surface area contributed by atoms with Crippen LogP contribution in [0, 0.1) is 0 Å². The average Bonchev–Trinajstić information content (AvgIpc) is 2.15. The van der Waals surface area contributed by atoms with Gasteiger partial charge in [-0.15, -0.1) is 0 Å². The normalized spacial score (nSPS) is 15.6. The summed E-state index contributed by atoms with van der Waals surface area (Å²) in [5.74, 6) is -0.203. The Morgan fingerprint density at radius 1 is 1.38 bits per heavy atom. The first-order chi connectivity index (χ1) is 7.39. The van der Waals surface area contributed by atoms with E-state index in [2.05, 4.69) is 5.32 Å². The number of nitrogens with one attached hydrogen (secondary N) is 1. The minimum Gasteiger partial charge on any atom is -0.364 e. The van der Waals surface area contributed by atoms with E-state index in [4.69, 9.17) is 0 Å². The Bertz CT molecular complexity index is 551. The van der Waals surface area contributed by atoms with Gasteiger partial charge in [-0.05, 0) is 12.1 Å². The smallest absolute Gasteiger partial charge is 0.243 e. The summed E-state index contributed by atoms with van der Waals surface area (Å²) in [5.41, 5.74) is 1.10. The topological polar surface area (TPSA) is 66.5 Å². The second kappa shape index (κ2) is 3.48. The van der Waals surface area contributed by atoms with Crippen LogP contribution in [0.4, 0.5) is 11.4 Å². The van der Waals surface area contributed by atoms with E-state index >= 15 is 0 Å². The molecule has 0 aromatic heterocycles. The quantitative estimate of drug-likeness (QED) is 0.775.